The zero-order valence-corrected chi connectivity index (χ0v) is 25.3. The lowest BCUT2D eigenvalue weighted by Gasteiger charge is -2.29. The minimum absolute atomic E-state index is 0.0915. The molecule has 46 heavy (non-hydrogen) atoms. The second kappa shape index (κ2) is 11.0. The predicted molar refractivity (Wildman–Crippen MR) is 191 cm³/mol. The highest BCUT2D eigenvalue weighted by atomic mass is 16.5. The van der Waals surface area contributed by atoms with Crippen LogP contribution in [0.25, 0.3) is 27.1 Å². The van der Waals surface area contributed by atoms with E-state index in [2.05, 4.69) is 157 Å². The minimum Gasteiger partial charge on any atom is -0.484 e. The topological polar surface area (TPSA) is 24.8 Å². The van der Waals surface area contributed by atoms with E-state index in [0.717, 1.165) is 34.7 Å². The maximum Gasteiger partial charge on any atom is 0.138 e. The number of ether oxygens (including phenoxy) is 1. The number of fused-ring (bicyclic) bond motifs is 6. The van der Waals surface area contributed by atoms with E-state index in [9.17, 15) is 0 Å². The van der Waals surface area contributed by atoms with Gasteiger partial charge in [0.05, 0.1) is 5.92 Å². The smallest absolute Gasteiger partial charge is 0.138 e. The third-order valence-corrected chi connectivity index (χ3v) is 9.65. The van der Waals surface area contributed by atoms with Crippen molar-refractivity contribution in [1.29, 1.82) is 0 Å². The van der Waals surface area contributed by atoms with E-state index in [1.54, 1.807) is 0 Å². The van der Waals surface area contributed by atoms with Crippen molar-refractivity contribution in [2.45, 2.75) is 24.4 Å². The SMILES string of the molecule is C1=CC(c2cccc3ccccc23)CC=C1N(c1ccccc1)c1ccc(C2=CN=CC3c4c(ccc5ccccc45)OC23)cc1. The Kier molecular flexibility index (Phi) is 6.41. The second-order valence-electron chi connectivity index (χ2n) is 12.3. The number of hydrogen-bond donors (Lipinski definition) is 0. The summed E-state index contributed by atoms with van der Waals surface area (Å²) in [6, 6.07) is 47.6. The van der Waals surface area contributed by atoms with E-state index in [4.69, 9.17) is 9.73 Å². The van der Waals surface area contributed by atoms with Gasteiger partial charge in [0, 0.05) is 46.5 Å². The van der Waals surface area contributed by atoms with Crippen LogP contribution in [-0.2, 0) is 0 Å². The molecule has 2 heterocycles. The molecule has 3 heteroatoms. The van der Waals surface area contributed by atoms with Crippen molar-refractivity contribution >= 4 is 44.7 Å². The molecule has 0 saturated heterocycles. The van der Waals surface area contributed by atoms with Crippen LogP contribution in [0.1, 0.15) is 34.9 Å². The largest absolute Gasteiger partial charge is 0.484 e. The van der Waals surface area contributed by atoms with Crippen molar-refractivity contribution in [3.05, 3.63) is 180 Å². The summed E-state index contributed by atoms with van der Waals surface area (Å²) in [5.74, 6) is 1.39. The number of benzene rings is 6. The van der Waals surface area contributed by atoms with Gasteiger partial charge < -0.3 is 9.64 Å². The third kappa shape index (κ3) is 4.47. The molecule has 0 radical (unpaired) electrons. The van der Waals surface area contributed by atoms with Crippen molar-refractivity contribution in [3.8, 4) is 5.75 Å². The number of allylic oxidation sites excluding steroid dienone is 3. The summed E-state index contributed by atoms with van der Waals surface area (Å²) in [6.45, 7) is 0. The summed E-state index contributed by atoms with van der Waals surface area (Å²) in [5.41, 5.74) is 8.29. The first kappa shape index (κ1) is 26.7. The quantitative estimate of drug-likeness (QED) is 0.199. The van der Waals surface area contributed by atoms with Gasteiger partial charge in [0.1, 0.15) is 11.9 Å². The maximum atomic E-state index is 6.61. The molecule has 9 rings (SSSR count). The molecule has 3 unspecified atom stereocenters. The summed E-state index contributed by atoms with van der Waals surface area (Å²) in [7, 11) is 0. The molecule has 2 aliphatic heterocycles. The molecule has 6 aromatic rings. The number of anilines is 2. The third-order valence-electron chi connectivity index (χ3n) is 9.65. The normalized spacial score (nSPS) is 19.7. The van der Waals surface area contributed by atoms with Gasteiger partial charge in [-0.3, -0.25) is 4.99 Å². The van der Waals surface area contributed by atoms with Crippen LogP contribution in [0.2, 0.25) is 0 Å². The van der Waals surface area contributed by atoms with Crippen molar-refractivity contribution in [1.82, 2.24) is 0 Å². The number of aliphatic imine (C=N–C) groups is 1. The van der Waals surface area contributed by atoms with Crippen LogP contribution in [0, 0.1) is 0 Å². The molecule has 0 saturated carbocycles. The number of hydrogen-bond acceptors (Lipinski definition) is 3. The number of nitrogens with zero attached hydrogens (tertiary/aromatic N) is 2. The Morgan fingerprint density at radius 3 is 2.17 bits per heavy atom. The number of para-hydroxylation sites is 1. The van der Waals surface area contributed by atoms with Gasteiger partial charge in [-0.15, -0.1) is 0 Å². The highest BCUT2D eigenvalue weighted by Gasteiger charge is 2.39. The molecule has 0 fully saturated rings. The van der Waals surface area contributed by atoms with Gasteiger partial charge in [-0.2, -0.15) is 0 Å². The van der Waals surface area contributed by atoms with Crippen LogP contribution in [0.5, 0.6) is 5.75 Å². The van der Waals surface area contributed by atoms with Crippen molar-refractivity contribution in [2.24, 2.45) is 4.99 Å². The van der Waals surface area contributed by atoms with Gasteiger partial charge in [0.25, 0.3) is 0 Å². The Bertz CT molecular complexity index is 2220. The zero-order valence-electron chi connectivity index (χ0n) is 25.3. The van der Waals surface area contributed by atoms with Crippen LogP contribution >= 0.6 is 0 Å². The lowest BCUT2D eigenvalue weighted by Crippen LogP contribution is -2.24. The average Bonchev–Trinajstić information content (AvgIpc) is 3.52. The standard InChI is InChI=1S/C43H32N2O/c1-2-12-33(13-3-1)45(34-22-17-31(18-23-34)37-16-8-11-29-9-4-6-14-36(29)37)35-24-19-32(20-25-35)39-27-44-28-40-42-38-15-7-5-10-30(38)21-26-41(42)46-43(39)40/h1-17,19-28,31,40,43H,18H2. The van der Waals surface area contributed by atoms with Gasteiger partial charge in [-0.1, -0.05) is 115 Å². The second-order valence-corrected chi connectivity index (χ2v) is 12.3. The molecule has 0 N–H and O–H groups in total. The van der Waals surface area contributed by atoms with Crippen LogP contribution in [0.3, 0.4) is 0 Å². The molecule has 0 bridgehead atoms. The lowest BCUT2D eigenvalue weighted by atomic mass is 9.85. The van der Waals surface area contributed by atoms with Crippen LogP contribution in [0.4, 0.5) is 11.4 Å². The molecule has 3 atom stereocenters. The maximum absolute atomic E-state index is 6.61. The average molecular weight is 593 g/mol. The highest BCUT2D eigenvalue weighted by Crippen LogP contribution is 2.47. The van der Waals surface area contributed by atoms with Gasteiger partial charge >= 0.3 is 0 Å². The molecule has 0 amide bonds. The van der Waals surface area contributed by atoms with Crippen LogP contribution in [0.15, 0.2) is 169 Å². The first-order chi connectivity index (χ1) is 22.8. The Morgan fingerprint density at radius 1 is 0.652 bits per heavy atom. The monoisotopic (exact) mass is 592 g/mol. The fourth-order valence-corrected chi connectivity index (χ4v) is 7.43. The lowest BCUT2D eigenvalue weighted by molar-refractivity contribution is 0.284. The fourth-order valence-electron chi connectivity index (χ4n) is 7.43. The first-order valence-electron chi connectivity index (χ1n) is 16.1. The van der Waals surface area contributed by atoms with Crippen molar-refractivity contribution in [3.63, 3.8) is 0 Å². The Morgan fingerprint density at radius 2 is 1.37 bits per heavy atom. The summed E-state index contributed by atoms with van der Waals surface area (Å²) in [6.07, 6.45) is 11.9. The molecule has 1 aliphatic carbocycles. The molecule has 0 spiro atoms. The highest BCUT2D eigenvalue weighted by molar-refractivity contribution is 5.96. The van der Waals surface area contributed by atoms with E-state index in [1.165, 1.54) is 38.4 Å². The minimum atomic E-state index is -0.0932. The van der Waals surface area contributed by atoms with Crippen LogP contribution in [-0.4, -0.2) is 12.3 Å². The van der Waals surface area contributed by atoms with Gasteiger partial charge in [-0.05, 0) is 75.5 Å². The van der Waals surface area contributed by atoms with Crippen molar-refractivity contribution < 1.29 is 4.74 Å². The predicted octanol–water partition coefficient (Wildman–Crippen LogP) is 10.7. The van der Waals surface area contributed by atoms with E-state index in [0.29, 0.717) is 5.92 Å². The summed E-state index contributed by atoms with van der Waals surface area (Å²) in [5, 5.41) is 5.10. The van der Waals surface area contributed by atoms with Crippen molar-refractivity contribution in [2.75, 3.05) is 4.90 Å². The molecule has 3 nitrogen and oxygen atoms in total. The molecule has 0 aromatic heterocycles. The number of rotatable bonds is 5. The molecular formula is C43H32N2O. The van der Waals surface area contributed by atoms with Gasteiger partial charge in [0.2, 0.25) is 0 Å². The Hall–Kier alpha value is -5.67. The Balaban J connectivity index is 1.02. The van der Waals surface area contributed by atoms with Crippen LogP contribution < -0.4 is 9.64 Å². The summed E-state index contributed by atoms with van der Waals surface area (Å²) >= 11 is 0. The summed E-state index contributed by atoms with van der Waals surface area (Å²) in [4.78, 5) is 7.07. The molecule has 6 aromatic carbocycles. The summed E-state index contributed by atoms with van der Waals surface area (Å²) < 4.78 is 6.61. The fraction of sp³-hybridized carbons (Fsp3) is 0.0930. The zero-order chi connectivity index (χ0) is 30.5. The van der Waals surface area contributed by atoms with Gasteiger partial charge in [-0.25, -0.2) is 0 Å². The first-order valence-corrected chi connectivity index (χ1v) is 16.1. The van der Waals surface area contributed by atoms with E-state index in [1.807, 2.05) is 12.4 Å². The molecule has 3 aliphatic rings. The van der Waals surface area contributed by atoms with E-state index >= 15 is 0 Å². The molecular weight excluding hydrogens is 560 g/mol. The van der Waals surface area contributed by atoms with E-state index < -0.39 is 0 Å². The molecule has 220 valence electrons. The Labute approximate surface area is 269 Å². The van der Waals surface area contributed by atoms with E-state index in [-0.39, 0.29) is 12.0 Å². The van der Waals surface area contributed by atoms with Gasteiger partial charge in [0.15, 0.2) is 0 Å².